The molecule has 2 aromatic rings. The van der Waals surface area contributed by atoms with Gasteiger partial charge in [-0.15, -0.1) is 0 Å². The van der Waals surface area contributed by atoms with Gasteiger partial charge in [0.25, 0.3) is 11.6 Å². The summed E-state index contributed by atoms with van der Waals surface area (Å²) in [6.45, 7) is 1.67. The molecule has 0 radical (unpaired) electrons. The van der Waals surface area contributed by atoms with Crippen molar-refractivity contribution in [3.8, 4) is 0 Å². The van der Waals surface area contributed by atoms with Crippen LogP contribution in [0.15, 0.2) is 54.6 Å². The maximum absolute atomic E-state index is 12.6. The van der Waals surface area contributed by atoms with Gasteiger partial charge in [0.15, 0.2) is 0 Å². The Morgan fingerprint density at radius 2 is 1.74 bits per heavy atom. The normalized spacial score (nSPS) is 19.2. The van der Waals surface area contributed by atoms with E-state index in [0.717, 1.165) is 0 Å². The van der Waals surface area contributed by atoms with E-state index in [0.29, 0.717) is 11.3 Å². The van der Waals surface area contributed by atoms with Crippen molar-refractivity contribution in [2.24, 2.45) is 5.92 Å². The average Bonchev–Trinajstić information content (AvgIpc) is 2.94. The molecule has 0 aromatic heterocycles. The number of carbonyl (C=O) groups excluding carboxylic acids is 3. The molecule has 1 amide bonds. The zero-order chi connectivity index (χ0) is 19.6. The SMILES string of the molecule is CCOC(=O)[C@H]1C(=O)C(=O)N(c2ccccc2)[C@H]1c1ccc([N+](=O)[O-])cc1. The Morgan fingerprint density at radius 3 is 2.30 bits per heavy atom. The van der Waals surface area contributed by atoms with Gasteiger partial charge < -0.3 is 4.74 Å². The van der Waals surface area contributed by atoms with Crippen LogP contribution in [0.3, 0.4) is 0 Å². The quantitative estimate of drug-likeness (QED) is 0.264. The Balaban J connectivity index is 2.11. The van der Waals surface area contributed by atoms with Crippen LogP contribution < -0.4 is 4.90 Å². The summed E-state index contributed by atoms with van der Waals surface area (Å²) in [5.41, 5.74) is 0.751. The zero-order valence-corrected chi connectivity index (χ0v) is 14.4. The predicted octanol–water partition coefficient (Wildman–Crippen LogP) is 2.43. The first-order valence-electron chi connectivity index (χ1n) is 8.29. The Bertz CT molecular complexity index is 894. The van der Waals surface area contributed by atoms with E-state index in [1.807, 2.05) is 0 Å². The first-order chi connectivity index (χ1) is 13.0. The average molecular weight is 368 g/mol. The third-order valence-corrected chi connectivity index (χ3v) is 4.33. The van der Waals surface area contributed by atoms with Crippen LogP contribution >= 0.6 is 0 Å². The second-order valence-electron chi connectivity index (χ2n) is 5.90. The maximum Gasteiger partial charge on any atom is 0.319 e. The number of carbonyl (C=O) groups is 3. The third-order valence-electron chi connectivity index (χ3n) is 4.33. The van der Waals surface area contributed by atoms with Crippen LogP contribution in [-0.2, 0) is 19.1 Å². The third kappa shape index (κ3) is 3.29. The van der Waals surface area contributed by atoms with Crippen molar-refractivity contribution in [2.75, 3.05) is 11.5 Å². The second-order valence-corrected chi connectivity index (χ2v) is 5.90. The predicted molar refractivity (Wildman–Crippen MR) is 94.9 cm³/mol. The van der Waals surface area contributed by atoms with Gasteiger partial charge in [-0.25, -0.2) is 0 Å². The largest absolute Gasteiger partial charge is 0.465 e. The molecule has 8 heteroatoms. The van der Waals surface area contributed by atoms with E-state index in [4.69, 9.17) is 4.74 Å². The van der Waals surface area contributed by atoms with Crippen molar-refractivity contribution in [3.63, 3.8) is 0 Å². The molecular formula is C19H16N2O6. The van der Waals surface area contributed by atoms with E-state index in [1.54, 1.807) is 37.3 Å². The van der Waals surface area contributed by atoms with Crippen molar-refractivity contribution in [2.45, 2.75) is 13.0 Å². The highest BCUT2D eigenvalue weighted by molar-refractivity contribution is 6.47. The summed E-state index contributed by atoms with van der Waals surface area (Å²) >= 11 is 0. The molecule has 0 saturated carbocycles. The van der Waals surface area contributed by atoms with Gasteiger partial charge in [-0.3, -0.25) is 29.4 Å². The van der Waals surface area contributed by atoms with E-state index in [9.17, 15) is 24.5 Å². The van der Waals surface area contributed by atoms with E-state index in [2.05, 4.69) is 0 Å². The monoisotopic (exact) mass is 368 g/mol. The minimum absolute atomic E-state index is 0.0646. The molecule has 0 N–H and O–H groups in total. The first kappa shape index (κ1) is 18.2. The lowest BCUT2D eigenvalue weighted by Gasteiger charge is -2.26. The molecule has 0 unspecified atom stereocenters. The molecule has 27 heavy (non-hydrogen) atoms. The second kappa shape index (κ2) is 7.36. The molecule has 1 aliphatic heterocycles. The molecule has 1 heterocycles. The number of hydrogen-bond donors (Lipinski definition) is 0. The molecule has 138 valence electrons. The highest BCUT2D eigenvalue weighted by atomic mass is 16.6. The van der Waals surface area contributed by atoms with Crippen molar-refractivity contribution >= 4 is 29.0 Å². The number of amides is 1. The number of Topliss-reactive ketones (excluding diaryl/α,β-unsaturated/α-hetero) is 1. The van der Waals surface area contributed by atoms with E-state index in [-0.39, 0.29) is 12.3 Å². The fraction of sp³-hybridized carbons (Fsp3) is 0.211. The smallest absolute Gasteiger partial charge is 0.319 e. The lowest BCUT2D eigenvalue weighted by atomic mass is 9.92. The molecule has 1 saturated heterocycles. The lowest BCUT2D eigenvalue weighted by molar-refractivity contribution is -0.384. The lowest BCUT2D eigenvalue weighted by Crippen LogP contribution is -2.31. The number of hydrogen-bond acceptors (Lipinski definition) is 6. The van der Waals surface area contributed by atoms with Gasteiger partial charge in [0.05, 0.1) is 17.6 Å². The highest BCUT2D eigenvalue weighted by Gasteiger charge is 2.53. The van der Waals surface area contributed by atoms with Crippen molar-refractivity contribution in [1.82, 2.24) is 0 Å². The number of para-hydroxylation sites is 1. The number of nitro benzene ring substituents is 1. The summed E-state index contributed by atoms with van der Waals surface area (Å²) in [5, 5.41) is 10.9. The van der Waals surface area contributed by atoms with E-state index < -0.39 is 34.5 Å². The van der Waals surface area contributed by atoms with Crippen LogP contribution in [0.5, 0.6) is 0 Å². The topological polar surface area (TPSA) is 107 Å². The molecule has 1 fully saturated rings. The summed E-state index contributed by atoms with van der Waals surface area (Å²) in [5.74, 6) is -3.81. The Kier molecular flexibility index (Phi) is 4.98. The number of ether oxygens (including phenoxy) is 1. The first-order valence-corrected chi connectivity index (χ1v) is 8.29. The highest BCUT2D eigenvalue weighted by Crippen LogP contribution is 2.40. The standard InChI is InChI=1S/C19H16N2O6/c1-2-27-19(24)15-16(12-8-10-14(11-9-12)21(25)26)20(18(23)17(15)22)13-6-4-3-5-7-13/h3-11,15-16H,2H2,1H3/t15-,16+/m1/s1. The number of anilines is 1. The van der Waals surface area contributed by atoms with Gasteiger partial charge in [-0.05, 0) is 24.6 Å². The fourth-order valence-electron chi connectivity index (χ4n) is 3.14. The van der Waals surface area contributed by atoms with Crippen molar-refractivity contribution < 1.29 is 24.0 Å². The van der Waals surface area contributed by atoms with Gasteiger partial charge in [0.2, 0.25) is 5.78 Å². The number of non-ortho nitro benzene ring substituents is 1. The molecule has 0 aliphatic carbocycles. The number of benzene rings is 2. The number of rotatable bonds is 5. The molecule has 2 aromatic carbocycles. The Morgan fingerprint density at radius 1 is 1.11 bits per heavy atom. The van der Waals surface area contributed by atoms with Gasteiger partial charge in [0, 0.05) is 17.8 Å². The summed E-state index contributed by atoms with van der Waals surface area (Å²) < 4.78 is 5.00. The maximum atomic E-state index is 12.6. The van der Waals surface area contributed by atoms with Crippen LogP contribution in [0.4, 0.5) is 11.4 Å². The Hall–Kier alpha value is -3.55. The zero-order valence-electron chi connectivity index (χ0n) is 14.4. The van der Waals surface area contributed by atoms with Gasteiger partial charge in [0.1, 0.15) is 5.92 Å². The molecular weight excluding hydrogens is 352 g/mol. The van der Waals surface area contributed by atoms with Crippen LogP contribution in [0, 0.1) is 16.0 Å². The molecule has 8 nitrogen and oxygen atoms in total. The number of nitrogens with zero attached hydrogens (tertiary/aromatic N) is 2. The fourth-order valence-corrected chi connectivity index (χ4v) is 3.14. The van der Waals surface area contributed by atoms with Crippen LogP contribution in [-0.4, -0.2) is 29.2 Å². The van der Waals surface area contributed by atoms with Crippen LogP contribution in [0.1, 0.15) is 18.5 Å². The molecule has 3 rings (SSSR count). The van der Waals surface area contributed by atoms with E-state index >= 15 is 0 Å². The van der Waals surface area contributed by atoms with Gasteiger partial charge in [-0.2, -0.15) is 0 Å². The summed E-state index contributed by atoms with van der Waals surface area (Å²) in [4.78, 5) is 49.2. The molecule has 2 atom stereocenters. The minimum atomic E-state index is -1.33. The summed E-state index contributed by atoms with van der Waals surface area (Å²) in [7, 11) is 0. The number of ketones is 1. The number of esters is 1. The van der Waals surface area contributed by atoms with E-state index in [1.165, 1.54) is 29.2 Å². The minimum Gasteiger partial charge on any atom is -0.465 e. The van der Waals surface area contributed by atoms with Crippen LogP contribution in [0.2, 0.25) is 0 Å². The molecule has 1 aliphatic rings. The summed E-state index contributed by atoms with van der Waals surface area (Å²) in [6, 6.07) is 13.0. The van der Waals surface area contributed by atoms with Crippen molar-refractivity contribution in [1.29, 1.82) is 0 Å². The van der Waals surface area contributed by atoms with Gasteiger partial charge in [-0.1, -0.05) is 30.3 Å². The summed E-state index contributed by atoms with van der Waals surface area (Å²) in [6.07, 6.45) is 0. The Labute approximate surface area is 154 Å². The molecule has 0 bridgehead atoms. The van der Waals surface area contributed by atoms with Crippen LogP contribution in [0.25, 0.3) is 0 Å². The van der Waals surface area contributed by atoms with Gasteiger partial charge >= 0.3 is 5.97 Å². The molecule has 0 spiro atoms. The van der Waals surface area contributed by atoms with Crippen molar-refractivity contribution in [3.05, 3.63) is 70.3 Å². The number of nitro groups is 1.